The van der Waals surface area contributed by atoms with Crippen LogP contribution in [0.5, 0.6) is 0 Å². The summed E-state index contributed by atoms with van der Waals surface area (Å²) in [5.41, 5.74) is 2.26. The minimum Gasteiger partial charge on any atom is -0.480 e. The van der Waals surface area contributed by atoms with Crippen molar-refractivity contribution in [3.05, 3.63) is 71.9 Å². The Labute approximate surface area is 186 Å². The molecule has 1 aliphatic rings. The third kappa shape index (κ3) is 4.82. The van der Waals surface area contributed by atoms with Crippen LogP contribution in [0.3, 0.4) is 0 Å². The molecule has 0 spiro atoms. The summed E-state index contributed by atoms with van der Waals surface area (Å²) in [5.74, 6) is -2.09. The average Bonchev–Trinajstić information content (AvgIpc) is 3.24. The highest BCUT2D eigenvalue weighted by Gasteiger charge is 2.34. The number of nitrogens with one attached hydrogen (secondary N) is 3. The van der Waals surface area contributed by atoms with Gasteiger partial charge in [0.25, 0.3) is 5.91 Å². The number of carboxylic acids is 1. The number of rotatable bonds is 7. The number of carbonyl (C=O) groups excluding carboxylic acids is 2. The zero-order valence-corrected chi connectivity index (χ0v) is 17.7. The summed E-state index contributed by atoms with van der Waals surface area (Å²) < 4.78 is 0. The second-order valence-electron chi connectivity index (χ2n) is 8.31. The number of fused-ring (bicyclic) bond motifs is 1. The molecule has 2 aromatic carbocycles. The Balaban J connectivity index is 1.45. The van der Waals surface area contributed by atoms with E-state index in [1.165, 1.54) is 0 Å². The van der Waals surface area contributed by atoms with Gasteiger partial charge < -0.3 is 20.7 Å². The van der Waals surface area contributed by atoms with E-state index in [2.05, 4.69) is 15.6 Å². The van der Waals surface area contributed by atoms with Gasteiger partial charge in [-0.15, -0.1) is 0 Å². The van der Waals surface area contributed by atoms with Gasteiger partial charge in [0.15, 0.2) is 0 Å². The Kier molecular flexibility index (Phi) is 6.54. The van der Waals surface area contributed by atoms with Crippen LogP contribution in [0, 0.1) is 5.92 Å². The van der Waals surface area contributed by atoms with E-state index < -0.39 is 17.9 Å². The number of para-hydroxylation sites is 1. The van der Waals surface area contributed by atoms with Crippen molar-refractivity contribution in [3.8, 4) is 0 Å². The summed E-state index contributed by atoms with van der Waals surface area (Å²) in [6, 6.07) is 15.4. The summed E-state index contributed by atoms with van der Waals surface area (Å²) in [6.07, 6.45) is 4.97. The van der Waals surface area contributed by atoms with Gasteiger partial charge >= 0.3 is 5.97 Å². The topological polar surface area (TPSA) is 111 Å². The Morgan fingerprint density at radius 1 is 1.00 bits per heavy atom. The van der Waals surface area contributed by atoms with Crippen LogP contribution in [-0.4, -0.2) is 40.0 Å². The monoisotopic (exact) mass is 433 g/mol. The molecule has 0 radical (unpaired) electrons. The van der Waals surface area contributed by atoms with Crippen LogP contribution in [-0.2, 0) is 16.0 Å². The van der Waals surface area contributed by atoms with Crippen LogP contribution in [0.15, 0.2) is 60.8 Å². The first-order valence-corrected chi connectivity index (χ1v) is 11.0. The zero-order valence-electron chi connectivity index (χ0n) is 17.7. The predicted octanol–water partition coefficient (Wildman–Crippen LogP) is 3.27. The molecule has 0 saturated heterocycles. The van der Waals surface area contributed by atoms with Crippen LogP contribution < -0.4 is 10.6 Å². The lowest BCUT2D eigenvalue weighted by molar-refractivity contribution is -0.142. The fourth-order valence-electron chi connectivity index (χ4n) is 4.45. The van der Waals surface area contributed by atoms with Crippen molar-refractivity contribution in [2.24, 2.45) is 5.92 Å². The fourth-order valence-corrected chi connectivity index (χ4v) is 4.45. The summed E-state index contributed by atoms with van der Waals surface area (Å²) in [7, 11) is 0. The Bertz CT molecular complexity index is 1110. The number of H-pyrrole nitrogens is 1. The highest BCUT2D eigenvalue weighted by atomic mass is 16.4. The number of carbonyl (C=O) groups is 3. The number of hydrogen-bond donors (Lipinski definition) is 4. The molecule has 0 unspecified atom stereocenters. The summed E-state index contributed by atoms with van der Waals surface area (Å²) in [5, 5.41) is 16.2. The summed E-state index contributed by atoms with van der Waals surface area (Å²) >= 11 is 0. The first-order chi connectivity index (χ1) is 15.5. The highest BCUT2D eigenvalue weighted by molar-refractivity contribution is 6.07. The molecule has 7 nitrogen and oxygen atoms in total. The molecule has 3 atom stereocenters. The van der Waals surface area contributed by atoms with Gasteiger partial charge in [-0.1, -0.05) is 61.4 Å². The quantitative estimate of drug-likeness (QED) is 0.458. The number of hydrogen-bond acceptors (Lipinski definition) is 3. The molecule has 1 aromatic heterocycles. The van der Waals surface area contributed by atoms with Crippen molar-refractivity contribution in [2.75, 3.05) is 0 Å². The maximum Gasteiger partial charge on any atom is 0.326 e. The van der Waals surface area contributed by atoms with Crippen LogP contribution in [0.25, 0.3) is 10.9 Å². The Hall–Kier alpha value is -3.61. The Morgan fingerprint density at radius 3 is 2.50 bits per heavy atom. The third-order valence-corrected chi connectivity index (χ3v) is 6.15. The molecule has 0 bridgehead atoms. The number of amides is 2. The number of aliphatic carboxylic acids is 1. The van der Waals surface area contributed by atoms with Crippen LogP contribution >= 0.6 is 0 Å². The standard InChI is InChI=1S/C25H27N3O4/c29-23(28-22(25(31)32)14-16-8-2-1-3-9-16)18-11-5-7-13-21(18)27-24(30)19-15-26-20-12-6-4-10-17(19)20/h1-4,6,8-10,12,15,18,21-22,26H,5,7,11,13-14H2,(H,27,30)(H,28,29)(H,31,32)/t18-,21+,22-/m0/s1. The fraction of sp³-hybridized carbons (Fsp3) is 0.320. The van der Waals surface area contributed by atoms with Gasteiger partial charge in [0.2, 0.25) is 5.91 Å². The van der Waals surface area contributed by atoms with Gasteiger partial charge in [0, 0.05) is 29.6 Å². The van der Waals surface area contributed by atoms with Gasteiger partial charge in [0.05, 0.1) is 11.5 Å². The number of benzene rings is 2. The normalized spacial score (nSPS) is 19.2. The summed E-state index contributed by atoms with van der Waals surface area (Å²) in [6.45, 7) is 0. The second kappa shape index (κ2) is 9.68. The lowest BCUT2D eigenvalue weighted by Gasteiger charge is -2.32. The maximum absolute atomic E-state index is 13.1. The van der Waals surface area contributed by atoms with E-state index in [9.17, 15) is 19.5 Å². The predicted molar refractivity (Wildman–Crippen MR) is 121 cm³/mol. The van der Waals surface area contributed by atoms with Gasteiger partial charge in [0.1, 0.15) is 6.04 Å². The number of aromatic amines is 1. The van der Waals surface area contributed by atoms with Crippen molar-refractivity contribution in [1.29, 1.82) is 0 Å². The molecule has 7 heteroatoms. The average molecular weight is 434 g/mol. The highest BCUT2D eigenvalue weighted by Crippen LogP contribution is 2.26. The first-order valence-electron chi connectivity index (χ1n) is 11.0. The van der Waals surface area contributed by atoms with E-state index in [0.29, 0.717) is 18.4 Å². The third-order valence-electron chi connectivity index (χ3n) is 6.15. The SMILES string of the molecule is O=C(N[C@@H]1CCCC[C@@H]1C(=O)N[C@@H](Cc1ccccc1)C(=O)O)c1c[nH]c2ccccc12. The number of carboxylic acid groups (broad SMARTS) is 1. The molecule has 3 aromatic rings. The lowest BCUT2D eigenvalue weighted by Crippen LogP contribution is -2.52. The van der Waals surface area contributed by atoms with Gasteiger partial charge in [-0.25, -0.2) is 4.79 Å². The first kappa shape index (κ1) is 21.6. The van der Waals surface area contributed by atoms with Crippen molar-refractivity contribution in [3.63, 3.8) is 0 Å². The van der Waals surface area contributed by atoms with Gasteiger partial charge in [-0.05, 0) is 24.5 Å². The van der Waals surface area contributed by atoms with E-state index in [4.69, 9.17) is 0 Å². The van der Waals surface area contributed by atoms with Crippen molar-refractivity contribution >= 4 is 28.7 Å². The molecule has 1 fully saturated rings. The Morgan fingerprint density at radius 2 is 1.72 bits per heavy atom. The van der Waals surface area contributed by atoms with E-state index in [1.807, 2.05) is 54.6 Å². The molecule has 4 rings (SSSR count). The lowest BCUT2D eigenvalue weighted by atomic mass is 9.83. The maximum atomic E-state index is 13.1. The molecule has 1 aliphatic carbocycles. The molecule has 166 valence electrons. The van der Waals surface area contributed by atoms with E-state index in [1.54, 1.807) is 6.20 Å². The van der Waals surface area contributed by atoms with Crippen molar-refractivity contribution in [1.82, 2.24) is 15.6 Å². The van der Waals surface area contributed by atoms with Crippen molar-refractivity contribution < 1.29 is 19.5 Å². The largest absolute Gasteiger partial charge is 0.480 e. The molecular formula is C25H27N3O4. The molecular weight excluding hydrogens is 406 g/mol. The van der Waals surface area contributed by atoms with Crippen LogP contribution in [0.2, 0.25) is 0 Å². The minimum absolute atomic E-state index is 0.209. The zero-order chi connectivity index (χ0) is 22.5. The van der Waals surface area contributed by atoms with Crippen molar-refractivity contribution in [2.45, 2.75) is 44.2 Å². The van der Waals surface area contributed by atoms with E-state index in [-0.39, 0.29) is 24.3 Å². The molecule has 32 heavy (non-hydrogen) atoms. The number of aromatic nitrogens is 1. The van der Waals surface area contributed by atoms with Crippen LogP contribution in [0.4, 0.5) is 0 Å². The smallest absolute Gasteiger partial charge is 0.326 e. The molecule has 0 aliphatic heterocycles. The van der Waals surface area contributed by atoms with E-state index in [0.717, 1.165) is 29.3 Å². The minimum atomic E-state index is -1.07. The molecule has 1 heterocycles. The van der Waals surface area contributed by atoms with Crippen LogP contribution in [0.1, 0.15) is 41.6 Å². The molecule has 1 saturated carbocycles. The summed E-state index contributed by atoms with van der Waals surface area (Å²) in [4.78, 5) is 40.9. The van der Waals surface area contributed by atoms with E-state index >= 15 is 0 Å². The van der Waals surface area contributed by atoms with Gasteiger partial charge in [-0.2, -0.15) is 0 Å². The molecule has 2 amide bonds. The van der Waals surface area contributed by atoms with Gasteiger partial charge in [-0.3, -0.25) is 9.59 Å². The molecule has 4 N–H and O–H groups in total. The second-order valence-corrected chi connectivity index (χ2v) is 8.31.